The third kappa shape index (κ3) is 3.75. The maximum Gasteiger partial charge on any atom is 0.254 e. The minimum Gasteiger partial charge on any atom is -0.337 e. The monoisotopic (exact) mass is 203 g/mol. The normalized spacial score (nSPS) is 10.6. The molecule has 2 N–H and O–H groups in total. The van der Waals surface area contributed by atoms with Gasteiger partial charge in [-0.25, -0.2) is 5.90 Å². The molecule has 0 saturated heterocycles. The summed E-state index contributed by atoms with van der Waals surface area (Å²) in [6.45, 7) is 2.31. The number of hydrogen-bond donors (Lipinski definition) is 1. The molecule has 0 aliphatic carbocycles. The number of aromatic nitrogens is 2. The van der Waals surface area contributed by atoms with E-state index in [1.54, 1.807) is 11.8 Å². The number of nitrogens with two attached hydrogens (primary N) is 1. The summed E-state index contributed by atoms with van der Waals surface area (Å²) in [5.74, 6) is 7.87. The number of rotatable bonds is 6. The van der Waals surface area contributed by atoms with E-state index in [4.69, 9.17) is 10.4 Å². The Hall–Kier alpha value is -0.590. The van der Waals surface area contributed by atoms with Gasteiger partial charge in [0.1, 0.15) is 6.61 Å². The Labute approximate surface area is 81.0 Å². The van der Waals surface area contributed by atoms with Crippen LogP contribution in [0.15, 0.2) is 4.52 Å². The molecule has 6 heteroatoms. The Morgan fingerprint density at radius 2 is 2.46 bits per heavy atom. The SMILES string of the molecule is CCCSCc1noc(CON)n1. The molecule has 74 valence electrons. The van der Waals surface area contributed by atoms with E-state index < -0.39 is 0 Å². The van der Waals surface area contributed by atoms with Gasteiger partial charge in [0.05, 0.1) is 5.75 Å². The minimum atomic E-state index is 0.172. The molecule has 0 fully saturated rings. The second-order valence-corrected chi connectivity index (χ2v) is 3.57. The highest BCUT2D eigenvalue weighted by atomic mass is 32.2. The molecule has 0 saturated carbocycles. The van der Waals surface area contributed by atoms with Gasteiger partial charge in [0.25, 0.3) is 5.89 Å². The van der Waals surface area contributed by atoms with E-state index in [1.165, 1.54) is 0 Å². The van der Waals surface area contributed by atoms with Gasteiger partial charge in [0, 0.05) is 0 Å². The van der Waals surface area contributed by atoms with Crippen LogP contribution in [-0.4, -0.2) is 15.9 Å². The lowest BCUT2D eigenvalue weighted by molar-refractivity contribution is 0.0995. The smallest absolute Gasteiger partial charge is 0.254 e. The topological polar surface area (TPSA) is 74.2 Å². The summed E-state index contributed by atoms with van der Waals surface area (Å²) < 4.78 is 4.86. The average Bonchev–Trinajstić information content (AvgIpc) is 2.54. The van der Waals surface area contributed by atoms with Gasteiger partial charge in [-0.05, 0) is 12.2 Å². The van der Waals surface area contributed by atoms with Crippen molar-refractivity contribution in [3.8, 4) is 0 Å². The molecule has 0 radical (unpaired) electrons. The lowest BCUT2D eigenvalue weighted by Crippen LogP contribution is -1.98. The fourth-order valence-electron chi connectivity index (χ4n) is 0.786. The van der Waals surface area contributed by atoms with Crippen LogP contribution in [0.5, 0.6) is 0 Å². The van der Waals surface area contributed by atoms with Crippen LogP contribution in [0, 0.1) is 0 Å². The fraction of sp³-hybridized carbons (Fsp3) is 0.714. The third-order valence-electron chi connectivity index (χ3n) is 1.30. The van der Waals surface area contributed by atoms with E-state index in [2.05, 4.69) is 21.9 Å². The summed E-state index contributed by atoms with van der Waals surface area (Å²) in [7, 11) is 0. The van der Waals surface area contributed by atoms with Gasteiger partial charge in [0.15, 0.2) is 5.82 Å². The van der Waals surface area contributed by atoms with E-state index in [9.17, 15) is 0 Å². The van der Waals surface area contributed by atoms with Crippen molar-refractivity contribution >= 4 is 11.8 Å². The number of nitrogens with zero attached hydrogens (tertiary/aromatic N) is 2. The summed E-state index contributed by atoms with van der Waals surface area (Å²) in [6, 6.07) is 0. The van der Waals surface area contributed by atoms with Gasteiger partial charge in [-0.15, -0.1) is 0 Å². The molecule has 5 nitrogen and oxygen atoms in total. The molecule has 1 aromatic heterocycles. The lowest BCUT2D eigenvalue weighted by Gasteiger charge is -1.91. The highest BCUT2D eigenvalue weighted by Gasteiger charge is 2.04. The Kier molecular flexibility index (Phi) is 4.81. The van der Waals surface area contributed by atoms with Gasteiger partial charge in [-0.1, -0.05) is 12.1 Å². The predicted molar refractivity (Wildman–Crippen MR) is 49.7 cm³/mol. The predicted octanol–water partition coefficient (Wildman–Crippen LogP) is 1.10. The van der Waals surface area contributed by atoms with Crippen LogP contribution < -0.4 is 5.90 Å². The molecule has 0 unspecified atom stereocenters. The molecular weight excluding hydrogens is 190 g/mol. The third-order valence-corrected chi connectivity index (χ3v) is 2.46. The van der Waals surface area contributed by atoms with Gasteiger partial charge in [0.2, 0.25) is 0 Å². The van der Waals surface area contributed by atoms with E-state index >= 15 is 0 Å². The molecule has 0 aliphatic heterocycles. The zero-order valence-electron chi connectivity index (χ0n) is 7.52. The summed E-state index contributed by atoms with van der Waals surface area (Å²) in [5, 5.41) is 3.76. The van der Waals surface area contributed by atoms with Crippen molar-refractivity contribution in [1.29, 1.82) is 0 Å². The highest BCUT2D eigenvalue weighted by Crippen LogP contribution is 2.10. The molecular formula is C7H13N3O2S. The lowest BCUT2D eigenvalue weighted by atomic mass is 10.6. The van der Waals surface area contributed by atoms with Crippen LogP contribution in [0.4, 0.5) is 0 Å². The summed E-state index contributed by atoms with van der Waals surface area (Å²) in [5.41, 5.74) is 0. The van der Waals surface area contributed by atoms with Crippen molar-refractivity contribution in [3.63, 3.8) is 0 Å². The summed E-state index contributed by atoms with van der Waals surface area (Å²) in [4.78, 5) is 8.43. The molecule has 0 aliphatic rings. The molecule has 13 heavy (non-hydrogen) atoms. The van der Waals surface area contributed by atoms with Crippen LogP contribution >= 0.6 is 11.8 Å². The first kappa shape index (κ1) is 10.5. The minimum absolute atomic E-state index is 0.172. The van der Waals surface area contributed by atoms with Crippen molar-refractivity contribution in [3.05, 3.63) is 11.7 Å². The Bertz CT molecular complexity index is 241. The summed E-state index contributed by atoms with van der Waals surface area (Å²) in [6.07, 6.45) is 1.15. The Balaban J connectivity index is 2.31. The maximum atomic E-state index is 4.86. The first-order valence-electron chi connectivity index (χ1n) is 4.07. The number of hydrogen-bond acceptors (Lipinski definition) is 6. The number of thioether (sulfide) groups is 1. The van der Waals surface area contributed by atoms with Gasteiger partial charge >= 0.3 is 0 Å². The molecule has 1 aromatic rings. The highest BCUT2D eigenvalue weighted by molar-refractivity contribution is 7.98. The van der Waals surface area contributed by atoms with Crippen molar-refractivity contribution < 1.29 is 9.36 Å². The zero-order chi connectivity index (χ0) is 9.52. The summed E-state index contributed by atoms with van der Waals surface area (Å²) >= 11 is 1.78. The second-order valence-electron chi connectivity index (χ2n) is 2.47. The maximum absolute atomic E-state index is 4.86. The van der Waals surface area contributed by atoms with Crippen LogP contribution in [-0.2, 0) is 17.2 Å². The molecule has 1 rings (SSSR count). The van der Waals surface area contributed by atoms with Crippen LogP contribution in [0.3, 0.4) is 0 Å². The second kappa shape index (κ2) is 5.95. The molecule has 0 spiro atoms. The molecule has 0 bridgehead atoms. The van der Waals surface area contributed by atoms with Crippen molar-refractivity contribution in [2.75, 3.05) is 5.75 Å². The Morgan fingerprint density at radius 3 is 3.15 bits per heavy atom. The average molecular weight is 203 g/mol. The van der Waals surface area contributed by atoms with Gasteiger partial charge in [-0.3, -0.25) is 4.84 Å². The van der Waals surface area contributed by atoms with Crippen LogP contribution in [0.25, 0.3) is 0 Å². The van der Waals surface area contributed by atoms with Gasteiger partial charge in [-0.2, -0.15) is 16.7 Å². The van der Waals surface area contributed by atoms with Crippen LogP contribution in [0.1, 0.15) is 25.1 Å². The molecule has 1 heterocycles. The van der Waals surface area contributed by atoms with E-state index in [0.717, 1.165) is 17.9 Å². The van der Waals surface area contributed by atoms with Crippen molar-refractivity contribution in [2.24, 2.45) is 5.90 Å². The van der Waals surface area contributed by atoms with Crippen molar-refractivity contribution in [2.45, 2.75) is 25.7 Å². The van der Waals surface area contributed by atoms with Crippen LogP contribution in [0.2, 0.25) is 0 Å². The molecule has 0 amide bonds. The molecule has 0 aromatic carbocycles. The van der Waals surface area contributed by atoms with E-state index in [1.807, 2.05) is 0 Å². The fourth-order valence-corrected chi connectivity index (χ4v) is 1.52. The van der Waals surface area contributed by atoms with E-state index in [-0.39, 0.29) is 6.61 Å². The first-order valence-corrected chi connectivity index (χ1v) is 5.23. The molecule has 0 atom stereocenters. The zero-order valence-corrected chi connectivity index (χ0v) is 8.34. The first-order chi connectivity index (χ1) is 6.36. The van der Waals surface area contributed by atoms with Gasteiger partial charge < -0.3 is 4.52 Å². The standard InChI is InChI=1S/C7H13N3O2S/c1-2-3-13-5-6-9-7(4-11-8)12-10-6/h2-5,8H2,1H3. The Morgan fingerprint density at radius 1 is 1.62 bits per heavy atom. The van der Waals surface area contributed by atoms with Crippen molar-refractivity contribution in [1.82, 2.24) is 10.1 Å². The van der Waals surface area contributed by atoms with E-state index in [0.29, 0.717) is 11.7 Å². The largest absolute Gasteiger partial charge is 0.337 e. The quantitative estimate of drug-likeness (QED) is 0.551.